The smallest absolute Gasteiger partial charge is 0.330 e. The van der Waals surface area contributed by atoms with Gasteiger partial charge in [0.15, 0.2) is 0 Å². The first-order valence-corrected chi connectivity index (χ1v) is 7.18. The molecule has 0 aliphatic rings. The van der Waals surface area contributed by atoms with E-state index in [1.54, 1.807) is 6.08 Å². The van der Waals surface area contributed by atoms with E-state index in [2.05, 4.69) is 0 Å². The van der Waals surface area contributed by atoms with E-state index in [4.69, 9.17) is 14.9 Å². The van der Waals surface area contributed by atoms with Crippen LogP contribution in [0.4, 0.5) is 0 Å². The lowest BCUT2D eigenvalue weighted by molar-refractivity contribution is -0.151. The summed E-state index contributed by atoms with van der Waals surface area (Å²) in [5.41, 5.74) is 0. The molecule has 0 saturated heterocycles. The highest BCUT2D eigenvalue weighted by Crippen LogP contribution is 2.06. The van der Waals surface area contributed by atoms with Gasteiger partial charge in [-0.1, -0.05) is 38.5 Å². The number of carbonyl (C=O) groups is 1. The molecule has 0 rings (SSSR count). The zero-order chi connectivity index (χ0) is 17.1. The van der Waals surface area contributed by atoms with Gasteiger partial charge in [-0.2, -0.15) is 0 Å². The zero-order valence-electron chi connectivity index (χ0n) is 12.9. The fraction of sp³-hybridized carbons (Fsp3) is 0.667. The van der Waals surface area contributed by atoms with Crippen molar-refractivity contribution < 1.29 is 35.1 Å². The third-order valence-corrected chi connectivity index (χ3v) is 3.15. The second kappa shape index (κ2) is 11.3. The SMILES string of the molecule is CCC(C)/C=C/C=C/C(=O)OCC(O)C(O)C(O)C(O)CO. The molecule has 0 radical (unpaired) electrons. The summed E-state index contributed by atoms with van der Waals surface area (Å²) in [7, 11) is 0. The van der Waals surface area contributed by atoms with Gasteiger partial charge in [0.2, 0.25) is 0 Å². The molecule has 0 aromatic heterocycles. The highest BCUT2D eigenvalue weighted by Gasteiger charge is 2.30. The number of hydrogen-bond acceptors (Lipinski definition) is 7. The molecule has 5 atom stereocenters. The van der Waals surface area contributed by atoms with Crippen LogP contribution in [0.2, 0.25) is 0 Å². The Bertz CT molecular complexity index is 367. The Morgan fingerprint density at radius 3 is 2.23 bits per heavy atom. The van der Waals surface area contributed by atoms with Crippen LogP contribution in [0.3, 0.4) is 0 Å². The molecule has 0 aliphatic heterocycles. The van der Waals surface area contributed by atoms with E-state index in [9.17, 15) is 20.1 Å². The van der Waals surface area contributed by atoms with Crippen LogP contribution in [0.5, 0.6) is 0 Å². The van der Waals surface area contributed by atoms with Gasteiger partial charge in [0.05, 0.1) is 6.61 Å². The summed E-state index contributed by atoms with van der Waals surface area (Å²) < 4.78 is 4.70. The molecule has 5 N–H and O–H groups in total. The summed E-state index contributed by atoms with van der Waals surface area (Å²) in [6, 6.07) is 0. The Kier molecular flexibility index (Phi) is 10.7. The molecule has 5 unspecified atom stereocenters. The van der Waals surface area contributed by atoms with Crippen LogP contribution < -0.4 is 0 Å². The minimum Gasteiger partial charge on any atom is -0.460 e. The topological polar surface area (TPSA) is 127 Å². The first-order valence-electron chi connectivity index (χ1n) is 7.18. The minimum absolute atomic E-state index is 0.400. The fourth-order valence-corrected chi connectivity index (χ4v) is 1.40. The molecule has 0 aromatic carbocycles. The number of rotatable bonds is 10. The van der Waals surface area contributed by atoms with Crippen LogP contribution >= 0.6 is 0 Å². The van der Waals surface area contributed by atoms with Gasteiger partial charge in [0.1, 0.15) is 31.0 Å². The van der Waals surface area contributed by atoms with Crippen molar-refractivity contribution in [1.29, 1.82) is 0 Å². The number of hydrogen-bond donors (Lipinski definition) is 5. The molecule has 22 heavy (non-hydrogen) atoms. The first-order chi connectivity index (χ1) is 10.3. The molecule has 7 nitrogen and oxygen atoms in total. The third-order valence-electron chi connectivity index (χ3n) is 3.15. The van der Waals surface area contributed by atoms with Crippen LogP contribution in [0, 0.1) is 5.92 Å². The number of aliphatic hydroxyl groups is 5. The number of allylic oxidation sites excluding steroid dienone is 3. The summed E-state index contributed by atoms with van der Waals surface area (Å²) in [4.78, 5) is 11.4. The van der Waals surface area contributed by atoms with E-state index >= 15 is 0 Å². The van der Waals surface area contributed by atoms with Crippen molar-refractivity contribution in [3.05, 3.63) is 24.3 Å². The maximum Gasteiger partial charge on any atom is 0.330 e. The number of aliphatic hydroxyl groups excluding tert-OH is 5. The maximum absolute atomic E-state index is 11.4. The second-order valence-corrected chi connectivity index (χ2v) is 5.06. The summed E-state index contributed by atoms with van der Waals surface area (Å²) in [6.45, 7) is 2.76. The van der Waals surface area contributed by atoms with Crippen molar-refractivity contribution >= 4 is 5.97 Å². The molecule has 0 fully saturated rings. The number of ether oxygens (including phenoxy) is 1. The van der Waals surface area contributed by atoms with Crippen LogP contribution in [0.1, 0.15) is 20.3 Å². The highest BCUT2D eigenvalue weighted by atomic mass is 16.5. The van der Waals surface area contributed by atoms with Crippen molar-refractivity contribution in [2.45, 2.75) is 44.7 Å². The number of esters is 1. The average Bonchev–Trinajstić information content (AvgIpc) is 2.53. The first kappa shape index (κ1) is 20.8. The summed E-state index contributed by atoms with van der Waals surface area (Å²) >= 11 is 0. The predicted molar refractivity (Wildman–Crippen MR) is 79.8 cm³/mol. The van der Waals surface area contributed by atoms with Gasteiger partial charge in [-0.15, -0.1) is 0 Å². The molecule has 0 heterocycles. The van der Waals surface area contributed by atoms with Crippen LogP contribution in [-0.4, -0.2) is 69.1 Å². The van der Waals surface area contributed by atoms with E-state index in [-0.39, 0.29) is 0 Å². The van der Waals surface area contributed by atoms with Crippen molar-refractivity contribution in [3.8, 4) is 0 Å². The van der Waals surface area contributed by atoms with Crippen LogP contribution in [-0.2, 0) is 9.53 Å². The standard InChI is InChI=1S/C15H26O7/c1-3-10(2)6-4-5-7-13(19)22-9-12(18)15(21)14(20)11(17)8-16/h4-7,10-12,14-18,20-21H,3,8-9H2,1-2H3/b6-4+,7-5+. The van der Waals surface area contributed by atoms with E-state index in [0.717, 1.165) is 12.5 Å². The van der Waals surface area contributed by atoms with E-state index in [1.807, 2.05) is 19.9 Å². The van der Waals surface area contributed by atoms with Gasteiger partial charge in [0, 0.05) is 6.08 Å². The van der Waals surface area contributed by atoms with Crippen molar-refractivity contribution in [1.82, 2.24) is 0 Å². The van der Waals surface area contributed by atoms with Gasteiger partial charge >= 0.3 is 5.97 Å². The van der Waals surface area contributed by atoms with Gasteiger partial charge in [0.25, 0.3) is 0 Å². The Balaban J connectivity index is 4.18. The highest BCUT2D eigenvalue weighted by molar-refractivity contribution is 5.82. The molecule has 0 aromatic rings. The van der Waals surface area contributed by atoms with E-state index in [1.165, 1.54) is 6.08 Å². The van der Waals surface area contributed by atoms with Gasteiger partial charge in [-0.05, 0) is 5.92 Å². The monoisotopic (exact) mass is 318 g/mol. The molecule has 128 valence electrons. The van der Waals surface area contributed by atoms with Crippen molar-refractivity contribution in [2.75, 3.05) is 13.2 Å². The Hall–Kier alpha value is -1.25. The lowest BCUT2D eigenvalue weighted by atomic mass is 10.0. The Morgan fingerprint density at radius 1 is 1.09 bits per heavy atom. The Labute approximate surface area is 130 Å². The van der Waals surface area contributed by atoms with Crippen molar-refractivity contribution in [2.24, 2.45) is 5.92 Å². The second-order valence-electron chi connectivity index (χ2n) is 5.06. The van der Waals surface area contributed by atoms with Crippen LogP contribution in [0.25, 0.3) is 0 Å². The van der Waals surface area contributed by atoms with E-state index in [0.29, 0.717) is 5.92 Å². The summed E-state index contributed by atoms with van der Waals surface area (Å²) in [5.74, 6) is -0.311. The molecule has 0 spiro atoms. The number of carbonyl (C=O) groups excluding carboxylic acids is 1. The molecular weight excluding hydrogens is 292 g/mol. The van der Waals surface area contributed by atoms with Crippen molar-refractivity contribution in [3.63, 3.8) is 0 Å². The predicted octanol–water partition coefficient (Wildman–Crippen LogP) is -0.876. The molecule has 0 saturated carbocycles. The largest absolute Gasteiger partial charge is 0.460 e. The molecule has 0 aliphatic carbocycles. The maximum atomic E-state index is 11.4. The normalized spacial score (nSPS) is 19.0. The summed E-state index contributed by atoms with van der Waals surface area (Å²) in [5, 5.41) is 46.2. The fourth-order valence-electron chi connectivity index (χ4n) is 1.40. The summed E-state index contributed by atoms with van der Waals surface area (Å²) in [6.07, 6.45) is 0.628. The van der Waals surface area contributed by atoms with Gasteiger partial charge in [-0.25, -0.2) is 4.79 Å². The van der Waals surface area contributed by atoms with Gasteiger partial charge < -0.3 is 30.3 Å². The average molecular weight is 318 g/mol. The molecule has 0 bridgehead atoms. The quantitative estimate of drug-likeness (QED) is 0.201. The molecule has 0 amide bonds. The van der Waals surface area contributed by atoms with Gasteiger partial charge in [-0.3, -0.25) is 0 Å². The zero-order valence-corrected chi connectivity index (χ0v) is 12.9. The van der Waals surface area contributed by atoms with E-state index < -0.39 is 43.6 Å². The lowest BCUT2D eigenvalue weighted by Crippen LogP contribution is -2.47. The molecular formula is C15H26O7. The third kappa shape index (κ3) is 8.26. The lowest BCUT2D eigenvalue weighted by Gasteiger charge is -2.25. The Morgan fingerprint density at radius 2 is 1.68 bits per heavy atom. The molecule has 7 heteroatoms. The van der Waals surface area contributed by atoms with Crippen LogP contribution in [0.15, 0.2) is 24.3 Å². The minimum atomic E-state index is -1.75.